The monoisotopic (exact) mass is 625 g/mol. The molecule has 2 heterocycles. The maximum Gasteiger partial charge on any atom is 0.0561 e. The molecule has 0 unspecified atom stereocenters. The summed E-state index contributed by atoms with van der Waals surface area (Å²) in [6.07, 6.45) is 0. The molecular weight excluding hydrogens is 595 g/mol. The standard InChI is InChI=1S/C46H31N3/c1-4-16-33(17-5-1)47(36-27-29-43-41(30-36)38-22-10-11-24-42(38)48(43)34-18-6-2-7-19-34)37-26-28-39-40-23-12-14-32-15-13-25-44(46(32)40)49(45(39)31-37)35-20-8-3-9-21-35/h1-31H. The smallest absolute Gasteiger partial charge is 0.0561 e. The van der Waals surface area contributed by atoms with Gasteiger partial charge >= 0.3 is 0 Å². The minimum absolute atomic E-state index is 1.10. The molecule has 9 aromatic rings. The summed E-state index contributed by atoms with van der Waals surface area (Å²) in [5, 5.41) is 5.00. The number of aromatic nitrogens is 1. The lowest BCUT2D eigenvalue weighted by Crippen LogP contribution is -2.16. The Hall–Kier alpha value is -6.58. The fourth-order valence-electron chi connectivity index (χ4n) is 7.77. The predicted molar refractivity (Wildman–Crippen MR) is 207 cm³/mol. The van der Waals surface area contributed by atoms with Crippen molar-refractivity contribution in [2.24, 2.45) is 0 Å². The van der Waals surface area contributed by atoms with E-state index < -0.39 is 0 Å². The second kappa shape index (κ2) is 11.0. The van der Waals surface area contributed by atoms with Crippen LogP contribution in [0.25, 0.3) is 49.4 Å². The minimum Gasteiger partial charge on any atom is -0.310 e. The zero-order chi connectivity index (χ0) is 32.3. The third-order valence-corrected chi connectivity index (χ3v) is 9.85. The lowest BCUT2D eigenvalue weighted by Gasteiger charge is -2.35. The van der Waals surface area contributed by atoms with E-state index in [1.54, 1.807) is 0 Å². The first-order valence-corrected chi connectivity index (χ1v) is 16.8. The second-order valence-electron chi connectivity index (χ2n) is 12.6. The van der Waals surface area contributed by atoms with Crippen LogP contribution in [0.1, 0.15) is 0 Å². The van der Waals surface area contributed by atoms with Gasteiger partial charge in [-0.3, -0.25) is 0 Å². The summed E-state index contributed by atoms with van der Waals surface area (Å²) in [6, 6.07) is 67.9. The molecule has 3 heteroatoms. The number of fused-ring (bicyclic) bond motifs is 5. The van der Waals surface area contributed by atoms with E-state index in [-0.39, 0.29) is 0 Å². The van der Waals surface area contributed by atoms with E-state index in [0.29, 0.717) is 0 Å². The Bertz CT molecular complexity index is 2650. The molecule has 0 saturated carbocycles. The molecule has 0 radical (unpaired) electrons. The molecule has 3 nitrogen and oxygen atoms in total. The Kier molecular flexibility index (Phi) is 6.18. The molecule has 0 N–H and O–H groups in total. The topological polar surface area (TPSA) is 11.4 Å². The lowest BCUT2D eigenvalue weighted by atomic mass is 9.90. The first-order chi connectivity index (χ1) is 24.3. The molecule has 1 aliphatic heterocycles. The molecule has 1 aromatic heterocycles. The van der Waals surface area contributed by atoms with Crippen molar-refractivity contribution in [3.63, 3.8) is 0 Å². The first kappa shape index (κ1) is 27.5. The SMILES string of the molecule is c1ccc(N(c2ccc3c(c2)N(c2ccccc2)c2cccc4cccc-3c24)c2ccc3c(c2)c2ccccc2n3-c2ccccc2)cc1. The number of anilines is 6. The highest BCUT2D eigenvalue weighted by atomic mass is 15.2. The molecule has 1 aliphatic rings. The maximum atomic E-state index is 2.42. The van der Waals surface area contributed by atoms with Crippen LogP contribution in [-0.4, -0.2) is 4.57 Å². The van der Waals surface area contributed by atoms with Gasteiger partial charge in [0.05, 0.1) is 22.4 Å². The van der Waals surface area contributed by atoms with Gasteiger partial charge in [0.15, 0.2) is 0 Å². The number of para-hydroxylation sites is 4. The van der Waals surface area contributed by atoms with Crippen LogP contribution < -0.4 is 9.80 Å². The van der Waals surface area contributed by atoms with Gasteiger partial charge in [0.1, 0.15) is 0 Å². The number of benzene rings is 8. The van der Waals surface area contributed by atoms with E-state index >= 15 is 0 Å². The lowest BCUT2D eigenvalue weighted by molar-refractivity contribution is 1.18. The second-order valence-corrected chi connectivity index (χ2v) is 12.6. The number of rotatable bonds is 5. The number of nitrogens with zero attached hydrogens (tertiary/aromatic N) is 3. The predicted octanol–water partition coefficient (Wildman–Crippen LogP) is 12.9. The highest BCUT2D eigenvalue weighted by molar-refractivity contribution is 6.14. The molecule has 0 fully saturated rings. The van der Waals surface area contributed by atoms with Crippen molar-refractivity contribution < 1.29 is 0 Å². The van der Waals surface area contributed by atoms with E-state index in [1.807, 2.05) is 0 Å². The molecule has 0 bridgehead atoms. The molecule has 0 saturated heterocycles. The number of hydrogen-bond acceptors (Lipinski definition) is 2. The van der Waals surface area contributed by atoms with Crippen LogP contribution in [-0.2, 0) is 0 Å². The van der Waals surface area contributed by atoms with E-state index in [9.17, 15) is 0 Å². The van der Waals surface area contributed by atoms with Crippen LogP contribution in [0.2, 0.25) is 0 Å². The van der Waals surface area contributed by atoms with Crippen LogP contribution >= 0.6 is 0 Å². The Morgan fingerprint density at radius 1 is 0.367 bits per heavy atom. The Morgan fingerprint density at radius 3 is 1.80 bits per heavy atom. The van der Waals surface area contributed by atoms with E-state index in [0.717, 1.165) is 34.1 Å². The van der Waals surface area contributed by atoms with Crippen LogP contribution in [0.15, 0.2) is 188 Å². The molecular formula is C46H31N3. The average Bonchev–Trinajstić information content (AvgIpc) is 3.50. The van der Waals surface area contributed by atoms with Crippen molar-refractivity contribution in [2.45, 2.75) is 0 Å². The minimum atomic E-state index is 1.10. The van der Waals surface area contributed by atoms with Crippen molar-refractivity contribution in [2.75, 3.05) is 9.80 Å². The molecule has 0 aliphatic carbocycles. The van der Waals surface area contributed by atoms with Crippen molar-refractivity contribution in [1.29, 1.82) is 0 Å². The van der Waals surface area contributed by atoms with Crippen molar-refractivity contribution in [3.05, 3.63) is 188 Å². The largest absolute Gasteiger partial charge is 0.310 e. The highest BCUT2D eigenvalue weighted by Gasteiger charge is 2.27. The average molecular weight is 626 g/mol. The zero-order valence-electron chi connectivity index (χ0n) is 26.7. The molecule has 0 amide bonds. The third kappa shape index (κ3) is 4.29. The zero-order valence-corrected chi connectivity index (χ0v) is 26.7. The van der Waals surface area contributed by atoms with Gasteiger partial charge in [0.25, 0.3) is 0 Å². The van der Waals surface area contributed by atoms with Gasteiger partial charge in [-0.25, -0.2) is 0 Å². The summed E-state index contributed by atoms with van der Waals surface area (Å²) in [4.78, 5) is 4.81. The summed E-state index contributed by atoms with van der Waals surface area (Å²) in [5.74, 6) is 0. The van der Waals surface area contributed by atoms with Crippen molar-refractivity contribution in [1.82, 2.24) is 4.57 Å². The summed E-state index contributed by atoms with van der Waals surface area (Å²) < 4.78 is 2.37. The molecule has 49 heavy (non-hydrogen) atoms. The highest BCUT2D eigenvalue weighted by Crippen LogP contribution is 2.52. The fraction of sp³-hybridized carbons (Fsp3) is 0. The van der Waals surface area contributed by atoms with E-state index in [1.165, 1.54) is 49.4 Å². The molecule has 0 atom stereocenters. The fourth-order valence-corrected chi connectivity index (χ4v) is 7.77. The van der Waals surface area contributed by atoms with Gasteiger partial charge in [-0.15, -0.1) is 0 Å². The van der Waals surface area contributed by atoms with Crippen LogP contribution in [0.4, 0.5) is 34.1 Å². The van der Waals surface area contributed by atoms with Gasteiger partial charge in [-0.05, 0) is 89.8 Å². The Morgan fingerprint density at radius 2 is 1.00 bits per heavy atom. The summed E-state index contributed by atoms with van der Waals surface area (Å²) in [6.45, 7) is 0. The van der Waals surface area contributed by atoms with Crippen LogP contribution in [0, 0.1) is 0 Å². The van der Waals surface area contributed by atoms with Crippen LogP contribution in [0.5, 0.6) is 0 Å². The quantitative estimate of drug-likeness (QED) is 0.189. The van der Waals surface area contributed by atoms with E-state index in [4.69, 9.17) is 0 Å². The summed E-state index contributed by atoms with van der Waals surface area (Å²) in [5.41, 5.74) is 12.9. The molecule has 0 spiro atoms. The van der Waals surface area contributed by atoms with Gasteiger partial charge in [-0.2, -0.15) is 0 Å². The molecule has 10 rings (SSSR count). The van der Waals surface area contributed by atoms with Gasteiger partial charge in [0, 0.05) is 50.2 Å². The maximum absolute atomic E-state index is 2.42. The number of hydrogen-bond donors (Lipinski definition) is 0. The third-order valence-electron chi connectivity index (χ3n) is 9.85. The van der Waals surface area contributed by atoms with Gasteiger partial charge in [-0.1, -0.05) is 109 Å². The van der Waals surface area contributed by atoms with Crippen LogP contribution in [0.3, 0.4) is 0 Å². The van der Waals surface area contributed by atoms with E-state index in [2.05, 4.69) is 202 Å². The van der Waals surface area contributed by atoms with Gasteiger partial charge < -0.3 is 14.4 Å². The summed E-state index contributed by atoms with van der Waals surface area (Å²) >= 11 is 0. The normalized spacial score (nSPS) is 12.0. The first-order valence-electron chi connectivity index (χ1n) is 16.8. The molecule has 8 aromatic carbocycles. The Balaban J connectivity index is 1.21. The van der Waals surface area contributed by atoms with Crippen molar-refractivity contribution in [3.8, 4) is 16.8 Å². The van der Waals surface area contributed by atoms with Crippen molar-refractivity contribution >= 4 is 66.7 Å². The van der Waals surface area contributed by atoms with Gasteiger partial charge in [0.2, 0.25) is 0 Å². The molecule has 230 valence electrons. The Labute approximate surface area is 285 Å². The summed E-state index contributed by atoms with van der Waals surface area (Å²) in [7, 11) is 0.